The minimum Gasteiger partial charge on any atom is -0.379 e. The summed E-state index contributed by atoms with van der Waals surface area (Å²) in [6.45, 7) is 2.55. The second-order valence-corrected chi connectivity index (χ2v) is 3.37. The largest absolute Gasteiger partial charge is 0.379 e. The maximum absolute atomic E-state index is 9.98. The van der Waals surface area contributed by atoms with Crippen LogP contribution in [-0.4, -0.2) is 30.1 Å². The van der Waals surface area contributed by atoms with E-state index in [9.17, 15) is 5.11 Å². The Morgan fingerprint density at radius 2 is 2.47 bits per heavy atom. The molecule has 15 heavy (non-hydrogen) atoms. The minimum atomic E-state index is -0.928. The Morgan fingerprint density at radius 3 is 3.07 bits per heavy atom. The lowest BCUT2D eigenvalue weighted by molar-refractivity contribution is 0.198. The fourth-order valence-corrected chi connectivity index (χ4v) is 1.62. The predicted octanol–water partition coefficient (Wildman–Crippen LogP) is 0.756. The molecule has 0 amide bonds. The molecule has 0 radical (unpaired) electrons. The standard InChI is InChI=1S/C8H10ClN5O/c1-2-14-6(5(9)3-12-14)7(15)8-10-4-11-13-8/h3-4,7,15H,2H2,1H3,(H,10,11,13). The lowest BCUT2D eigenvalue weighted by atomic mass is 10.2. The Labute approximate surface area is 90.9 Å². The number of aryl methyl sites for hydroxylation is 1. The number of hydrogen-bond donors (Lipinski definition) is 2. The number of H-pyrrole nitrogens is 1. The quantitative estimate of drug-likeness (QED) is 0.811. The predicted molar refractivity (Wildman–Crippen MR) is 53.4 cm³/mol. The normalized spacial score (nSPS) is 13.0. The van der Waals surface area contributed by atoms with Crippen LogP contribution in [0.2, 0.25) is 5.02 Å². The van der Waals surface area contributed by atoms with Gasteiger partial charge in [0, 0.05) is 6.54 Å². The number of nitrogens with one attached hydrogen (secondary N) is 1. The summed E-state index contributed by atoms with van der Waals surface area (Å²) in [6, 6.07) is 0. The van der Waals surface area contributed by atoms with Crippen molar-refractivity contribution in [3.63, 3.8) is 0 Å². The Balaban J connectivity index is 2.40. The number of hydrogen-bond acceptors (Lipinski definition) is 4. The van der Waals surface area contributed by atoms with E-state index in [1.165, 1.54) is 12.5 Å². The first kappa shape index (κ1) is 10.1. The minimum absolute atomic E-state index is 0.354. The van der Waals surface area contributed by atoms with Gasteiger partial charge in [0.15, 0.2) is 11.9 Å². The molecule has 2 heterocycles. The molecule has 0 bridgehead atoms. The first-order valence-electron chi connectivity index (χ1n) is 4.48. The lowest BCUT2D eigenvalue weighted by Gasteiger charge is -2.09. The van der Waals surface area contributed by atoms with Gasteiger partial charge in [-0.25, -0.2) is 4.98 Å². The molecule has 2 N–H and O–H groups in total. The van der Waals surface area contributed by atoms with E-state index in [0.29, 0.717) is 23.1 Å². The Hall–Kier alpha value is -1.40. The van der Waals surface area contributed by atoms with Crippen molar-refractivity contribution in [2.24, 2.45) is 0 Å². The Morgan fingerprint density at radius 1 is 1.67 bits per heavy atom. The topological polar surface area (TPSA) is 79.6 Å². The van der Waals surface area contributed by atoms with Gasteiger partial charge in [0.05, 0.1) is 16.9 Å². The molecule has 7 heteroatoms. The highest BCUT2D eigenvalue weighted by molar-refractivity contribution is 6.31. The summed E-state index contributed by atoms with van der Waals surface area (Å²) in [4.78, 5) is 3.87. The van der Waals surface area contributed by atoms with Crippen molar-refractivity contribution in [3.8, 4) is 0 Å². The van der Waals surface area contributed by atoms with E-state index in [0.717, 1.165) is 0 Å². The molecule has 1 atom stereocenters. The van der Waals surface area contributed by atoms with Crippen molar-refractivity contribution in [2.45, 2.75) is 19.6 Å². The van der Waals surface area contributed by atoms with E-state index in [1.807, 2.05) is 6.92 Å². The number of halogens is 1. The molecule has 0 aliphatic carbocycles. The molecular weight excluding hydrogens is 218 g/mol. The van der Waals surface area contributed by atoms with Gasteiger partial charge in [-0.15, -0.1) is 0 Å². The molecule has 2 aromatic rings. The molecule has 0 fully saturated rings. The number of nitrogens with zero attached hydrogens (tertiary/aromatic N) is 4. The van der Waals surface area contributed by atoms with E-state index in [2.05, 4.69) is 20.3 Å². The highest BCUT2D eigenvalue weighted by Gasteiger charge is 2.21. The van der Waals surface area contributed by atoms with Gasteiger partial charge in [-0.1, -0.05) is 11.6 Å². The molecule has 0 aliphatic rings. The summed E-state index contributed by atoms with van der Waals surface area (Å²) in [5.41, 5.74) is 0.524. The molecule has 1 unspecified atom stereocenters. The average molecular weight is 228 g/mol. The molecule has 80 valence electrons. The van der Waals surface area contributed by atoms with Crippen molar-refractivity contribution in [3.05, 3.63) is 29.1 Å². The van der Waals surface area contributed by atoms with Crippen LogP contribution < -0.4 is 0 Å². The van der Waals surface area contributed by atoms with Crippen molar-refractivity contribution >= 4 is 11.6 Å². The molecule has 2 rings (SSSR count). The number of aliphatic hydroxyl groups is 1. The third kappa shape index (κ3) is 1.73. The van der Waals surface area contributed by atoms with E-state index >= 15 is 0 Å². The molecule has 2 aromatic heterocycles. The van der Waals surface area contributed by atoms with Crippen LogP contribution in [0.15, 0.2) is 12.5 Å². The van der Waals surface area contributed by atoms with Crippen LogP contribution in [0.4, 0.5) is 0 Å². The van der Waals surface area contributed by atoms with Gasteiger partial charge in [0.25, 0.3) is 0 Å². The number of aromatic amines is 1. The van der Waals surface area contributed by atoms with E-state index in [-0.39, 0.29) is 0 Å². The van der Waals surface area contributed by atoms with Crippen LogP contribution >= 0.6 is 11.6 Å². The van der Waals surface area contributed by atoms with Crippen LogP contribution in [0.5, 0.6) is 0 Å². The summed E-state index contributed by atoms with van der Waals surface area (Å²) in [5, 5.41) is 20.7. The zero-order chi connectivity index (χ0) is 10.8. The highest BCUT2D eigenvalue weighted by atomic mass is 35.5. The fourth-order valence-electron chi connectivity index (χ4n) is 1.37. The third-order valence-corrected chi connectivity index (χ3v) is 2.38. The third-order valence-electron chi connectivity index (χ3n) is 2.08. The second-order valence-electron chi connectivity index (χ2n) is 2.97. The van der Waals surface area contributed by atoms with Gasteiger partial charge in [-0.05, 0) is 6.92 Å². The van der Waals surface area contributed by atoms with Crippen LogP contribution in [0.3, 0.4) is 0 Å². The van der Waals surface area contributed by atoms with Crippen LogP contribution in [0.1, 0.15) is 24.5 Å². The summed E-state index contributed by atoms with van der Waals surface area (Å²) in [6.07, 6.45) is 1.90. The van der Waals surface area contributed by atoms with Gasteiger partial charge in [0.2, 0.25) is 0 Å². The zero-order valence-corrected chi connectivity index (χ0v) is 8.81. The molecule has 0 saturated carbocycles. The van der Waals surface area contributed by atoms with Crippen molar-refractivity contribution in [1.82, 2.24) is 25.0 Å². The number of aliphatic hydroxyl groups excluding tert-OH is 1. The van der Waals surface area contributed by atoms with E-state index < -0.39 is 6.10 Å². The monoisotopic (exact) mass is 227 g/mol. The van der Waals surface area contributed by atoms with Crippen LogP contribution in [0, 0.1) is 0 Å². The SMILES string of the molecule is CCn1ncc(Cl)c1C(O)c1ncn[nH]1. The van der Waals surface area contributed by atoms with Gasteiger partial charge >= 0.3 is 0 Å². The number of aromatic nitrogens is 5. The maximum Gasteiger partial charge on any atom is 0.159 e. The summed E-state index contributed by atoms with van der Waals surface area (Å²) in [7, 11) is 0. The zero-order valence-electron chi connectivity index (χ0n) is 8.05. The Kier molecular flexibility index (Phi) is 2.70. The van der Waals surface area contributed by atoms with Crippen LogP contribution in [0.25, 0.3) is 0 Å². The van der Waals surface area contributed by atoms with Crippen molar-refractivity contribution in [1.29, 1.82) is 0 Å². The lowest BCUT2D eigenvalue weighted by Crippen LogP contribution is -2.10. The van der Waals surface area contributed by atoms with E-state index in [1.54, 1.807) is 4.68 Å². The summed E-state index contributed by atoms with van der Waals surface area (Å²) in [5.74, 6) is 0.354. The van der Waals surface area contributed by atoms with Gasteiger partial charge in [-0.3, -0.25) is 9.78 Å². The second kappa shape index (κ2) is 4.00. The fraction of sp³-hybridized carbons (Fsp3) is 0.375. The maximum atomic E-state index is 9.98. The van der Waals surface area contributed by atoms with E-state index in [4.69, 9.17) is 11.6 Å². The first-order chi connectivity index (χ1) is 7.24. The molecule has 0 aromatic carbocycles. The van der Waals surface area contributed by atoms with Crippen molar-refractivity contribution in [2.75, 3.05) is 0 Å². The molecule has 6 nitrogen and oxygen atoms in total. The molecule has 0 aliphatic heterocycles. The molecule has 0 spiro atoms. The highest BCUT2D eigenvalue weighted by Crippen LogP contribution is 2.25. The van der Waals surface area contributed by atoms with Gasteiger partial charge in [-0.2, -0.15) is 10.2 Å². The summed E-state index contributed by atoms with van der Waals surface area (Å²) < 4.78 is 1.62. The van der Waals surface area contributed by atoms with Gasteiger partial charge < -0.3 is 5.11 Å². The summed E-state index contributed by atoms with van der Waals surface area (Å²) >= 11 is 5.93. The smallest absolute Gasteiger partial charge is 0.159 e. The molecule has 0 saturated heterocycles. The first-order valence-corrected chi connectivity index (χ1v) is 4.86. The molecular formula is C8H10ClN5O. The average Bonchev–Trinajstić information content (AvgIpc) is 2.85. The van der Waals surface area contributed by atoms with Gasteiger partial charge in [0.1, 0.15) is 6.33 Å². The number of rotatable bonds is 3. The Bertz CT molecular complexity index is 438. The van der Waals surface area contributed by atoms with Crippen molar-refractivity contribution < 1.29 is 5.11 Å². The van der Waals surface area contributed by atoms with Crippen LogP contribution in [-0.2, 0) is 6.54 Å².